The number of Topliss-reactive ketones (excluding diaryl/α,β-unsaturated/α-hetero) is 1. The molecule has 2 aliphatic heterocycles. The van der Waals surface area contributed by atoms with Gasteiger partial charge in [0.25, 0.3) is 0 Å². The van der Waals surface area contributed by atoms with Gasteiger partial charge >= 0.3 is 5.97 Å². The molecule has 6 atom stereocenters. The van der Waals surface area contributed by atoms with Gasteiger partial charge in [0.15, 0.2) is 0 Å². The first-order valence-corrected chi connectivity index (χ1v) is 11.3. The first kappa shape index (κ1) is 24.4. The summed E-state index contributed by atoms with van der Waals surface area (Å²) in [6.07, 6.45) is 4.44. The molecule has 1 saturated carbocycles. The standard InChI is InChI=1S/C24H39NO6/c1-15(2)8-9-18-23(6,31-18)21-20(28-7)17(10-11-24(21)14-29-24)30-19(27)13-25-22(4,5)12-16(3)26/h8,17-18,20-21,25H,9-14H2,1-7H3/t17-,18?,20-,21-,23+,24+/m1/s1. The number of carbonyl (C=O) groups is 2. The van der Waals surface area contributed by atoms with Gasteiger partial charge < -0.3 is 24.3 Å². The number of hydrogen-bond acceptors (Lipinski definition) is 7. The summed E-state index contributed by atoms with van der Waals surface area (Å²) in [7, 11) is 1.67. The van der Waals surface area contributed by atoms with E-state index in [-0.39, 0.29) is 53.7 Å². The third kappa shape index (κ3) is 5.56. The van der Waals surface area contributed by atoms with E-state index < -0.39 is 5.54 Å². The lowest BCUT2D eigenvalue weighted by molar-refractivity contribution is -0.171. The Morgan fingerprint density at radius 2 is 1.94 bits per heavy atom. The summed E-state index contributed by atoms with van der Waals surface area (Å²) in [5.74, 6) is -0.247. The fourth-order valence-electron chi connectivity index (χ4n) is 5.28. The molecule has 3 aliphatic rings. The maximum absolute atomic E-state index is 12.6. The predicted molar refractivity (Wildman–Crippen MR) is 117 cm³/mol. The van der Waals surface area contributed by atoms with Gasteiger partial charge in [-0.15, -0.1) is 0 Å². The normalized spacial score (nSPS) is 36.7. The van der Waals surface area contributed by atoms with Crippen molar-refractivity contribution in [2.24, 2.45) is 5.92 Å². The van der Waals surface area contributed by atoms with Crippen molar-refractivity contribution in [3.05, 3.63) is 11.6 Å². The number of epoxide rings is 2. The van der Waals surface area contributed by atoms with Crippen LogP contribution in [0.1, 0.15) is 67.2 Å². The molecule has 31 heavy (non-hydrogen) atoms. The monoisotopic (exact) mass is 437 g/mol. The first-order chi connectivity index (χ1) is 14.4. The van der Waals surface area contributed by atoms with Crippen LogP contribution in [0.15, 0.2) is 11.6 Å². The van der Waals surface area contributed by atoms with Gasteiger partial charge in [0.05, 0.1) is 25.2 Å². The van der Waals surface area contributed by atoms with Gasteiger partial charge in [0.1, 0.15) is 29.2 Å². The summed E-state index contributed by atoms with van der Waals surface area (Å²) in [6, 6.07) is 0. The molecule has 7 nitrogen and oxygen atoms in total. The molecule has 176 valence electrons. The van der Waals surface area contributed by atoms with E-state index in [4.69, 9.17) is 18.9 Å². The van der Waals surface area contributed by atoms with Crippen LogP contribution in [0.3, 0.4) is 0 Å². The largest absolute Gasteiger partial charge is 0.459 e. The molecule has 1 unspecified atom stereocenters. The number of ether oxygens (including phenoxy) is 4. The topological polar surface area (TPSA) is 89.7 Å². The number of ketones is 1. The third-order valence-corrected chi connectivity index (χ3v) is 6.92. The summed E-state index contributed by atoms with van der Waals surface area (Å²) in [4.78, 5) is 24.0. The molecule has 2 saturated heterocycles. The minimum atomic E-state index is -0.458. The molecule has 0 radical (unpaired) electrons. The third-order valence-electron chi connectivity index (χ3n) is 6.92. The number of rotatable bonds is 10. The molecule has 7 heteroatoms. The molecule has 3 fully saturated rings. The first-order valence-electron chi connectivity index (χ1n) is 11.3. The Hall–Kier alpha value is -1.28. The summed E-state index contributed by atoms with van der Waals surface area (Å²) in [5.41, 5.74) is 0.226. The predicted octanol–water partition coefficient (Wildman–Crippen LogP) is 2.95. The second kappa shape index (κ2) is 8.93. The highest BCUT2D eigenvalue weighted by Crippen LogP contribution is 2.59. The van der Waals surface area contributed by atoms with Crippen molar-refractivity contribution in [1.29, 1.82) is 0 Å². The van der Waals surface area contributed by atoms with Crippen molar-refractivity contribution < 1.29 is 28.5 Å². The Morgan fingerprint density at radius 3 is 2.48 bits per heavy atom. The SMILES string of the molecule is CO[C@@H]1[C@H](OC(=O)CNC(C)(C)CC(C)=O)CC[C@]2(CO2)[C@H]1[C@@]1(C)OC1CC=C(C)C. The molecule has 0 aromatic heterocycles. The van der Waals surface area contributed by atoms with Crippen LogP contribution in [0.5, 0.6) is 0 Å². The Labute approximate surface area is 186 Å². The lowest BCUT2D eigenvalue weighted by Gasteiger charge is -2.42. The van der Waals surface area contributed by atoms with Gasteiger partial charge in [-0.05, 0) is 60.8 Å². The number of nitrogens with one attached hydrogen (secondary N) is 1. The molecule has 1 spiro atoms. The lowest BCUT2D eigenvalue weighted by Crippen LogP contribution is -2.56. The van der Waals surface area contributed by atoms with Crippen molar-refractivity contribution in [2.45, 2.75) is 102 Å². The lowest BCUT2D eigenvalue weighted by atomic mass is 9.68. The highest BCUT2D eigenvalue weighted by molar-refractivity contribution is 5.77. The van der Waals surface area contributed by atoms with Crippen LogP contribution < -0.4 is 5.32 Å². The van der Waals surface area contributed by atoms with Crippen LogP contribution in [-0.2, 0) is 28.5 Å². The average molecular weight is 438 g/mol. The molecule has 1 aliphatic carbocycles. The quantitative estimate of drug-likeness (QED) is 0.319. The van der Waals surface area contributed by atoms with Gasteiger partial charge in [-0.1, -0.05) is 11.6 Å². The molecule has 2 heterocycles. The molecule has 0 amide bonds. The zero-order chi connectivity index (χ0) is 23.0. The average Bonchev–Trinajstić information content (AvgIpc) is 3.56. The minimum absolute atomic E-state index is 0.00854. The Bertz CT molecular complexity index is 724. The fraction of sp³-hybridized carbons (Fsp3) is 0.833. The molecule has 1 N–H and O–H groups in total. The van der Waals surface area contributed by atoms with Gasteiger partial charge in [0, 0.05) is 19.1 Å². The van der Waals surface area contributed by atoms with Gasteiger partial charge in [-0.25, -0.2) is 0 Å². The maximum atomic E-state index is 12.6. The van der Waals surface area contributed by atoms with Crippen molar-refractivity contribution in [3.8, 4) is 0 Å². The number of hydrogen-bond donors (Lipinski definition) is 1. The van der Waals surface area contributed by atoms with E-state index >= 15 is 0 Å². The van der Waals surface area contributed by atoms with E-state index in [0.29, 0.717) is 19.4 Å². The highest BCUT2D eigenvalue weighted by atomic mass is 16.6. The van der Waals surface area contributed by atoms with E-state index in [1.165, 1.54) is 5.57 Å². The number of methoxy groups -OCH3 is 1. The van der Waals surface area contributed by atoms with E-state index in [1.807, 2.05) is 13.8 Å². The second-order valence-corrected chi connectivity index (χ2v) is 10.5. The molecular formula is C24H39NO6. The van der Waals surface area contributed by atoms with E-state index in [2.05, 4.69) is 32.2 Å². The highest BCUT2D eigenvalue weighted by Gasteiger charge is 2.72. The van der Waals surface area contributed by atoms with Crippen LogP contribution >= 0.6 is 0 Å². The Balaban J connectivity index is 1.64. The Kier molecular flexibility index (Phi) is 7.02. The minimum Gasteiger partial charge on any atom is -0.459 e. The van der Waals surface area contributed by atoms with E-state index in [1.54, 1.807) is 14.0 Å². The van der Waals surface area contributed by atoms with Crippen LogP contribution in [0, 0.1) is 5.92 Å². The summed E-state index contributed by atoms with van der Waals surface area (Å²) < 4.78 is 23.9. The molecule has 0 aromatic rings. The van der Waals surface area contributed by atoms with Crippen molar-refractivity contribution in [2.75, 3.05) is 20.3 Å². The summed E-state index contributed by atoms with van der Waals surface area (Å²) in [5, 5.41) is 3.14. The van der Waals surface area contributed by atoms with Gasteiger partial charge in [-0.2, -0.15) is 0 Å². The maximum Gasteiger partial charge on any atom is 0.320 e. The van der Waals surface area contributed by atoms with Crippen molar-refractivity contribution in [1.82, 2.24) is 5.32 Å². The number of esters is 1. The number of allylic oxidation sites excluding steroid dienone is 1. The van der Waals surface area contributed by atoms with Crippen LogP contribution in [0.2, 0.25) is 0 Å². The van der Waals surface area contributed by atoms with Crippen molar-refractivity contribution >= 4 is 11.8 Å². The molecule has 3 rings (SSSR count). The molecular weight excluding hydrogens is 398 g/mol. The zero-order valence-corrected chi connectivity index (χ0v) is 20.1. The van der Waals surface area contributed by atoms with Crippen LogP contribution in [0.4, 0.5) is 0 Å². The number of carbonyl (C=O) groups excluding carboxylic acids is 2. The Morgan fingerprint density at radius 1 is 1.26 bits per heavy atom. The molecule has 0 aromatic carbocycles. The summed E-state index contributed by atoms with van der Waals surface area (Å²) >= 11 is 0. The van der Waals surface area contributed by atoms with E-state index in [9.17, 15) is 9.59 Å². The van der Waals surface area contributed by atoms with Crippen molar-refractivity contribution in [3.63, 3.8) is 0 Å². The van der Waals surface area contributed by atoms with Gasteiger partial charge in [-0.3, -0.25) is 9.59 Å². The smallest absolute Gasteiger partial charge is 0.320 e. The van der Waals surface area contributed by atoms with E-state index in [0.717, 1.165) is 12.8 Å². The molecule has 0 bridgehead atoms. The van der Waals surface area contributed by atoms with Crippen LogP contribution in [0.25, 0.3) is 0 Å². The van der Waals surface area contributed by atoms with Crippen LogP contribution in [-0.4, -0.2) is 67.1 Å². The second-order valence-electron chi connectivity index (χ2n) is 10.5. The summed E-state index contributed by atoms with van der Waals surface area (Å²) in [6.45, 7) is 12.4. The van der Waals surface area contributed by atoms with Gasteiger partial charge in [0.2, 0.25) is 0 Å². The fourth-order valence-corrected chi connectivity index (χ4v) is 5.28. The zero-order valence-electron chi connectivity index (χ0n) is 20.1.